The predicted octanol–water partition coefficient (Wildman–Crippen LogP) is 3.00. The Hall–Kier alpha value is -1.55. The van der Waals surface area contributed by atoms with Crippen molar-refractivity contribution in [1.82, 2.24) is 5.32 Å². The van der Waals surface area contributed by atoms with Crippen molar-refractivity contribution in [3.05, 3.63) is 29.3 Å². The Bertz CT molecular complexity index is 487. The minimum Gasteiger partial charge on any atom is -0.479 e. The molecule has 0 bridgehead atoms. The Morgan fingerprint density at radius 3 is 2.90 bits per heavy atom. The van der Waals surface area contributed by atoms with Crippen LogP contribution in [-0.2, 0) is 16.0 Å². The molecule has 21 heavy (non-hydrogen) atoms. The quantitative estimate of drug-likeness (QED) is 0.819. The molecule has 2 atom stereocenters. The maximum atomic E-state index is 11.8. The van der Waals surface area contributed by atoms with Crippen molar-refractivity contribution < 1.29 is 14.3 Å². The van der Waals surface area contributed by atoms with Crippen LogP contribution in [0.25, 0.3) is 0 Å². The maximum Gasteiger partial charge on any atom is 0.347 e. The number of ether oxygens (including phenoxy) is 2. The van der Waals surface area contributed by atoms with E-state index in [-0.39, 0.29) is 5.97 Å². The van der Waals surface area contributed by atoms with Crippen LogP contribution in [0.5, 0.6) is 5.75 Å². The van der Waals surface area contributed by atoms with Gasteiger partial charge in [0.1, 0.15) is 5.75 Å². The number of hydrogen-bond donors (Lipinski definition) is 1. The first kappa shape index (κ1) is 15.8. The zero-order valence-corrected chi connectivity index (χ0v) is 13.1. The van der Waals surface area contributed by atoms with E-state index in [1.165, 1.54) is 17.5 Å². The van der Waals surface area contributed by atoms with Crippen LogP contribution < -0.4 is 10.1 Å². The Labute approximate surface area is 126 Å². The van der Waals surface area contributed by atoms with Gasteiger partial charge in [-0.15, -0.1) is 0 Å². The topological polar surface area (TPSA) is 47.6 Å². The molecule has 1 aliphatic rings. The van der Waals surface area contributed by atoms with Crippen molar-refractivity contribution in [2.45, 2.75) is 51.7 Å². The van der Waals surface area contributed by atoms with Gasteiger partial charge in [0.2, 0.25) is 0 Å². The van der Waals surface area contributed by atoms with E-state index < -0.39 is 6.10 Å². The molecule has 0 radical (unpaired) electrons. The van der Waals surface area contributed by atoms with E-state index in [0.29, 0.717) is 19.1 Å². The lowest BCUT2D eigenvalue weighted by atomic mass is 9.87. The van der Waals surface area contributed by atoms with E-state index in [4.69, 9.17) is 9.47 Å². The number of rotatable bonds is 6. The van der Waals surface area contributed by atoms with Gasteiger partial charge in [0.05, 0.1) is 6.61 Å². The summed E-state index contributed by atoms with van der Waals surface area (Å²) in [4.78, 5) is 11.8. The van der Waals surface area contributed by atoms with Crippen molar-refractivity contribution in [3.8, 4) is 5.75 Å². The van der Waals surface area contributed by atoms with Crippen molar-refractivity contribution in [1.29, 1.82) is 0 Å². The summed E-state index contributed by atoms with van der Waals surface area (Å²) in [7, 11) is 1.99. The molecule has 1 N–H and O–H groups in total. The highest BCUT2D eigenvalue weighted by molar-refractivity contribution is 5.75. The van der Waals surface area contributed by atoms with Crippen molar-refractivity contribution in [2.24, 2.45) is 0 Å². The molecule has 4 heteroatoms. The lowest BCUT2D eigenvalue weighted by Gasteiger charge is -2.26. The van der Waals surface area contributed by atoms with Crippen LogP contribution in [0.2, 0.25) is 0 Å². The number of benzene rings is 1. The summed E-state index contributed by atoms with van der Waals surface area (Å²) in [5.74, 6) is 0.457. The Morgan fingerprint density at radius 1 is 1.43 bits per heavy atom. The van der Waals surface area contributed by atoms with Crippen LogP contribution in [0.4, 0.5) is 0 Å². The molecule has 0 heterocycles. The second-order valence-corrected chi connectivity index (χ2v) is 5.36. The van der Waals surface area contributed by atoms with E-state index >= 15 is 0 Å². The largest absolute Gasteiger partial charge is 0.479 e. The number of nitrogens with one attached hydrogen (secondary N) is 1. The summed E-state index contributed by atoms with van der Waals surface area (Å²) in [6, 6.07) is 6.52. The van der Waals surface area contributed by atoms with Crippen molar-refractivity contribution in [2.75, 3.05) is 13.7 Å². The van der Waals surface area contributed by atoms with Crippen LogP contribution in [0.1, 0.15) is 50.3 Å². The lowest BCUT2D eigenvalue weighted by Crippen LogP contribution is -2.29. The third kappa shape index (κ3) is 3.76. The SMILES string of the molecule is CCOC(=O)C(CC)Oc1ccc2c(c1)C(NC)CCC2. The highest BCUT2D eigenvalue weighted by Crippen LogP contribution is 2.32. The van der Waals surface area contributed by atoms with Gasteiger partial charge in [-0.2, -0.15) is 0 Å². The summed E-state index contributed by atoms with van der Waals surface area (Å²) in [5.41, 5.74) is 2.66. The highest BCUT2D eigenvalue weighted by Gasteiger charge is 2.22. The summed E-state index contributed by atoms with van der Waals surface area (Å²) in [6.45, 7) is 4.11. The van der Waals surface area contributed by atoms with Gasteiger partial charge in [-0.05, 0) is 62.9 Å². The standard InChI is InChI=1S/C17H25NO3/c1-4-16(17(19)20-5-2)21-13-10-9-12-7-6-8-15(18-3)14(12)11-13/h9-11,15-16,18H,4-8H2,1-3H3. The van der Waals surface area contributed by atoms with Crippen molar-refractivity contribution in [3.63, 3.8) is 0 Å². The lowest BCUT2D eigenvalue weighted by molar-refractivity contribution is -0.151. The Balaban J connectivity index is 2.15. The average Bonchev–Trinajstić information content (AvgIpc) is 2.52. The molecular weight excluding hydrogens is 266 g/mol. The van der Waals surface area contributed by atoms with Gasteiger partial charge in [-0.1, -0.05) is 13.0 Å². The molecule has 0 spiro atoms. The van der Waals surface area contributed by atoms with E-state index in [1.807, 2.05) is 20.0 Å². The van der Waals surface area contributed by atoms with Gasteiger partial charge in [-0.3, -0.25) is 0 Å². The highest BCUT2D eigenvalue weighted by atomic mass is 16.6. The fourth-order valence-electron chi connectivity index (χ4n) is 2.85. The van der Waals surface area contributed by atoms with Crippen LogP contribution in [0.15, 0.2) is 18.2 Å². The number of hydrogen-bond acceptors (Lipinski definition) is 4. The minimum absolute atomic E-state index is 0.289. The second-order valence-electron chi connectivity index (χ2n) is 5.36. The summed E-state index contributed by atoms with van der Waals surface area (Å²) in [6.07, 6.45) is 3.54. The Kier molecular flexibility index (Phi) is 5.62. The molecule has 2 unspecified atom stereocenters. The summed E-state index contributed by atoms with van der Waals surface area (Å²) < 4.78 is 10.9. The smallest absolute Gasteiger partial charge is 0.347 e. The van der Waals surface area contributed by atoms with Gasteiger partial charge < -0.3 is 14.8 Å². The van der Waals surface area contributed by atoms with Gasteiger partial charge >= 0.3 is 5.97 Å². The van der Waals surface area contributed by atoms with Gasteiger partial charge in [0.25, 0.3) is 0 Å². The monoisotopic (exact) mass is 291 g/mol. The number of fused-ring (bicyclic) bond motifs is 1. The molecule has 116 valence electrons. The molecule has 2 rings (SSSR count). The number of carbonyl (C=O) groups is 1. The van der Waals surface area contributed by atoms with Gasteiger partial charge in [-0.25, -0.2) is 4.79 Å². The molecule has 1 aliphatic carbocycles. The third-order valence-electron chi connectivity index (χ3n) is 3.98. The number of carbonyl (C=O) groups excluding carboxylic acids is 1. The van der Waals surface area contributed by atoms with E-state index in [9.17, 15) is 4.79 Å². The summed E-state index contributed by atoms with van der Waals surface area (Å²) >= 11 is 0. The number of esters is 1. The molecule has 0 aromatic heterocycles. The number of aryl methyl sites for hydroxylation is 1. The van der Waals surface area contributed by atoms with Crippen LogP contribution in [0, 0.1) is 0 Å². The molecule has 0 amide bonds. The van der Waals surface area contributed by atoms with Crippen LogP contribution in [-0.4, -0.2) is 25.7 Å². The predicted molar refractivity (Wildman–Crippen MR) is 82.5 cm³/mol. The van der Waals surface area contributed by atoms with E-state index in [2.05, 4.69) is 17.4 Å². The summed E-state index contributed by atoms with van der Waals surface area (Å²) in [5, 5.41) is 3.35. The van der Waals surface area contributed by atoms with Gasteiger partial charge in [0.15, 0.2) is 6.10 Å². The van der Waals surface area contributed by atoms with E-state index in [1.54, 1.807) is 6.92 Å². The zero-order valence-electron chi connectivity index (χ0n) is 13.1. The molecule has 0 saturated heterocycles. The first-order chi connectivity index (χ1) is 10.2. The Morgan fingerprint density at radius 2 is 2.24 bits per heavy atom. The first-order valence-electron chi connectivity index (χ1n) is 7.83. The molecule has 4 nitrogen and oxygen atoms in total. The molecule has 0 aliphatic heterocycles. The fourth-order valence-corrected chi connectivity index (χ4v) is 2.85. The van der Waals surface area contributed by atoms with Crippen LogP contribution in [0.3, 0.4) is 0 Å². The third-order valence-corrected chi connectivity index (χ3v) is 3.98. The molecule has 1 aromatic carbocycles. The maximum absolute atomic E-state index is 11.8. The average molecular weight is 291 g/mol. The van der Waals surface area contributed by atoms with Crippen molar-refractivity contribution >= 4 is 5.97 Å². The minimum atomic E-state index is -0.528. The zero-order chi connectivity index (χ0) is 15.2. The molecule has 0 saturated carbocycles. The fraction of sp³-hybridized carbons (Fsp3) is 0.588. The first-order valence-corrected chi connectivity index (χ1v) is 7.83. The second kappa shape index (κ2) is 7.46. The molecular formula is C17H25NO3. The van der Waals surface area contributed by atoms with Gasteiger partial charge in [0, 0.05) is 6.04 Å². The normalized spacial score (nSPS) is 18.7. The van der Waals surface area contributed by atoms with E-state index in [0.717, 1.165) is 18.6 Å². The van der Waals surface area contributed by atoms with Crippen LogP contribution >= 0.6 is 0 Å². The molecule has 1 aromatic rings. The molecule has 0 fully saturated rings.